The third kappa shape index (κ3) is 2.84. The maximum Gasteiger partial charge on any atom is 0.153 e. The number of fused-ring (bicyclic) bond motifs is 1. The highest BCUT2D eigenvalue weighted by atomic mass is 15.3. The van der Waals surface area contributed by atoms with Crippen molar-refractivity contribution in [3.8, 4) is 0 Å². The minimum atomic E-state index is 0.454. The summed E-state index contributed by atoms with van der Waals surface area (Å²) in [6.07, 6.45) is 1.91. The highest BCUT2D eigenvalue weighted by Gasteiger charge is 2.09. The summed E-state index contributed by atoms with van der Waals surface area (Å²) in [4.78, 5) is 4.34. The largest absolute Gasteiger partial charge is 0.235 e. The Bertz CT molecular complexity index is 469. The van der Waals surface area contributed by atoms with E-state index in [1.165, 1.54) is 5.69 Å². The Balaban J connectivity index is 0.000000686. The van der Waals surface area contributed by atoms with Gasteiger partial charge in [0.15, 0.2) is 5.65 Å². The fourth-order valence-corrected chi connectivity index (χ4v) is 1.61. The lowest BCUT2D eigenvalue weighted by Crippen LogP contribution is -2.03. The van der Waals surface area contributed by atoms with Gasteiger partial charge < -0.3 is 0 Å². The number of rotatable bonds is 2. The summed E-state index contributed by atoms with van der Waals surface area (Å²) < 4.78 is 1.96. The second kappa shape index (κ2) is 5.80. The second-order valence-corrected chi connectivity index (χ2v) is 4.52. The van der Waals surface area contributed by atoms with Gasteiger partial charge in [0.05, 0.1) is 17.6 Å². The van der Waals surface area contributed by atoms with Crippen molar-refractivity contribution in [2.45, 2.75) is 53.4 Å². The topological polar surface area (TPSA) is 30.2 Å². The average Bonchev–Trinajstić information content (AvgIpc) is 2.74. The summed E-state index contributed by atoms with van der Waals surface area (Å²) in [6.45, 7) is 12.6. The standard InChI is InChI=1S/C12H17N3.C2H6/c1-8(2)10-5-6-12-13-7-11(9(3)4)15(12)14-10;1-2/h5-9H,1-4H3;1-2H3. The van der Waals surface area contributed by atoms with E-state index in [9.17, 15) is 0 Å². The Labute approximate surface area is 104 Å². The van der Waals surface area contributed by atoms with Gasteiger partial charge in [-0.15, -0.1) is 0 Å². The van der Waals surface area contributed by atoms with Crippen molar-refractivity contribution in [2.75, 3.05) is 0 Å². The first-order valence-corrected chi connectivity index (χ1v) is 6.44. The van der Waals surface area contributed by atoms with Crippen LogP contribution in [-0.4, -0.2) is 14.6 Å². The van der Waals surface area contributed by atoms with E-state index in [4.69, 9.17) is 0 Å². The second-order valence-electron chi connectivity index (χ2n) is 4.52. The summed E-state index contributed by atoms with van der Waals surface area (Å²) in [6, 6.07) is 4.09. The number of hydrogen-bond acceptors (Lipinski definition) is 2. The molecule has 2 rings (SSSR count). The van der Waals surface area contributed by atoms with Gasteiger partial charge in [-0.25, -0.2) is 9.50 Å². The maximum absolute atomic E-state index is 4.61. The van der Waals surface area contributed by atoms with Gasteiger partial charge in [-0.3, -0.25) is 0 Å². The smallest absolute Gasteiger partial charge is 0.153 e. The summed E-state index contributed by atoms with van der Waals surface area (Å²) in [5, 5.41) is 4.61. The predicted octanol–water partition coefficient (Wildman–Crippen LogP) is 4.00. The monoisotopic (exact) mass is 233 g/mol. The van der Waals surface area contributed by atoms with Crippen molar-refractivity contribution in [1.82, 2.24) is 14.6 Å². The fourth-order valence-electron chi connectivity index (χ4n) is 1.61. The quantitative estimate of drug-likeness (QED) is 0.784. The third-order valence-electron chi connectivity index (χ3n) is 2.59. The Morgan fingerprint density at radius 3 is 2.18 bits per heavy atom. The molecule has 0 atom stereocenters. The van der Waals surface area contributed by atoms with Crippen LogP contribution >= 0.6 is 0 Å². The predicted molar refractivity (Wildman–Crippen MR) is 72.5 cm³/mol. The van der Waals surface area contributed by atoms with E-state index in [2.05, 4.69) is 43.8 Å². The molecule has 0 N–H and O–H groups in total. The van der Waals surface area contributed by atoms with Crippen LogP contribution in [0.4, 0.5) is 0 Å². The molecule has 3 heteroatoms. The molecule has 0 aromatic carbocycles. The highest BCUT2D eigenvalue weighted by Crippen LogP contribution is 2.17. The molecule has 2 heterocycles. The lowest BCUT2D eigenvalue weighted by molar-refractivity contribution is 0.713. The van der Waals surface area contributed by atoms with Crippen LogP contribution < -0.4 is 0 Å². The first-order chi connectivity index (χ1) is 8.09. The lowest BCUT2D eigenvalue weighted by Gasteiger charge is -2.07. The van der Waals surface area contributed by atoms with Crippen LogP contribution in [0.1, 0.15) is 64.8 Å². The normalized spacial score (nSPS) is 10.8. The van der Waals surface area contributed by atoms with E-state index < -0.39 is 0 Å². The molecule has 0 spiro atoms. The van der Waals surface area contributed by atoms with Crippen molar-refractivity contribution in [3.63, 3.8) is 0 Å². The Morgan fingerprint density at radius 2 is 1.65 bits per heavy atom. The molecule has 0 fully saturated rings. The molecule has 0 unspecified atom stereocenters. The number of aromatic nitrogens is 3. The zero-order valence-electron chi connectivity index (χ0n) is 11.7. The van der Waals surface area contributed by atoms with E-state index in [1.54, 1.807) is 0 Å². The molecule has 0 saturated heterocycles. The van der Waals surface area contributed by atoms with Crippen molar-refractivity contribution >= 4 is 5.65 Å². The van der Waals surface area contributed by atoms with Gasteiger partial charge in [-0.2, -0.15) is 5.10 Å². The van der Waals surface area contributed by atoms with Crippen molar-refractivity contribution in [3.05, 3.63) is 29.7 Å². The minimum Gasteiger partial charge on any atom is -0.235 e. The molecule has 0 amide bonds. The van der Waals surface area contributed by atoms with Crippen LogP contribution in [0.15, 0.2) is 18.3 Å². The number of imidazole rings is 1. The molecule has 0 aliphatic heterocycles. The first-order valence-electron chi connectivity index (χ1n) is 6.44. The molecule has 0 radical (unpaired) electrons. The molecule has 94 valence electrons. The van der Waals surface area contributed by atoms with Gasteiger partial charge in [0.1, 0.15) is 0 Å². The Morgan fingerprint density at radius 1 is 1.00 bits per heavy atom. The van der Waals surface area contributed by atoms with Crippen LogP contribution in [0.5, 0.6) is 0 Å². The van der Waals surface area contributed by atoms with Gasteiger partial charge in [0, 0.05) is 0 Å². The zero-order chi connectivity index (χ0) is 13.0. The molecule has 17 heavy (non-hydrogen) atoms. The van der Waals surface area contributed by atoms with E-state index in [-0.39, 0.29) is 0 Å². The van der Waals surface area contributed by atoms with E-state index in [0.717, 1.165) is 11.3 Å². The van der Waals surface area contributed by atoms with Crippen LogP contribution in [0.2, 0.25) is 0 Å². The maximum atomic E-state index is 4.61. The molecule has 0 bridgehead atoms. The number of hydrogen-bond donors (Lipinski definition) is 0. The van der Waals surface area contributed by atoms with E-state index in [0.29, 0.717) is 11.8 Å². The van der Waals surface area contributed by atoms with Crippen molar-refractivity contribution < 1.29 is 0 Å². The summed E-state index contributed by atoms with van der Waals surface area (Å²) in [5.41, 5.74) is 3.22. The molecule has 0 aliphatic carbocycles. The van der Waals surface area contributed by atoms with Gasteiger partial charge in [-0.05, 0) is 24.0 Å². The summed E-state index contributed by atoms with van der Waals surface area (Å²) in [5.74, 6) is 0.909. The molecule has 3 nitrogen and oxygen atoms in total. The summed E-state index contributed by atoms with van der Waals surface area (Å²) >= 11 is 0. The highest BCUT2D eigenvalue weighted by molar-refractivity contribution is 5.39. The SMILES string of the molecule is CC.CC(C)c1ccc2ncc(C(C)C)n2n1. The minimum absolute atomic E-state index is 0.454. The van der Waals surface area contributed by atoms with Gasteiger partial charge in [-0.1, -0.05) is 41.5 Å². The summed E-state index contributed by atoms with van der Waals surface area (Å²) in [7, 11) is 0. The van der Waals surface area contributed by atoms with E-state index >= 15 is 0 Å². The molecule has 2 aromatic rings. The van der Waals surface area contributed by atoms with Gasteiger partial charge >= 0.3 is 0 Å². The molecule has 0 aliphatic rings. The van der Waals surface area contributed by atoms with Crippen molar-refractivity contribution in [1.29, 1.82) is 0 Å². The van der Waals surface area contributed by atoms with Crippen LogP contribution in [0.25, 0.3) is 5.65 Å². The van der Waals surface area contributed by atoms with Gasteiger partial charge in [0.25, 0.3) is 0 Å². The molecule has 2 aromatic heterocycles. The van der Waals surface area contributed by atoms with Crippen molar-refractivity contribution in [2.24, 2.45) is 0 Å². The fraction of sp³-hybridized carbons (Fsp3) is 0.571. The molecule has 0 saturated carbocycles. The van der Waals surface area contributed by atoms with Crippen LogP contribution in [0.3, 0.4) is 0 Å². The van der Waals surface area contributed by atoms with Crippen LogP contribution in [0, 0.1) is 0 Å². The average molecular weight is 233 g/mol. The van der Waals surface area contributed by atoms with E-state index in [1.807, 2.05) is 30.6 Å². The lowest BCUT2D eigenvalue weighted by atomic mass is 10.1. The zero-order valence-corrected chi connectivity index (χ0v) is 11.7. The molecular weight excluding hydrogens is 210 g/mol. The first kappa shape index (κ1) is 13.7. The Hall–Kier alpha value is -1.38. The van der Waals surface area contributed by atoms with Gasteiger partial charge in [0.2, 0.25) is 0 Å². The Kier molecular flexibility index (Phi) is 4.67. The number of nitrogens with zero attached hydrogens (tertiary/aromatic N) is 3. The van der Waals surface area contributed by atoms with Crippen LogP contribution in [-0.2, 0) is 0 Å². The molecular formula is C14H23N3. The third-order valence-corrected chi connectivity index (χ3v) is 2.59.